The molecule has 4 aromatic rings. The van der Waals surface area contributed by atoms with Gasteiger partial charge in [0.15, 0.2) is 11.0 Å². The molecule has 2 aromatic carbocycles. The maximum Gasteiger partial charge on any atom is 0.237 e. The highest BCUT2D eigenvalue weighted by atomic mass is 79.9. The molecule has 4 rings (SSSR count). The lowest BCUT2D eigenvalue weighted by Crippen LogP contribution is -2.23. The summed E-state index contributed by atoms with van der Waals surface area (Å²) in [6, 6.07) is 21.5. The fraction of sp³-hybridized carbons (Fsp3) is 0.130. The summed E-state index contributed by atoms with van der Waals surface area (Å²) in [5.74, 6) is 0.624. The van der Waals surface area contributed by atoms with Gasteiger partial charge in [0.1, 0.15) is 0 Å². The van der Waals surface area contributed by atoms with Gasteiger partial charge < -0.3 is 5.32 Å². The number of carbonyl (C=O) groups is 1. The molecule has 0 aliphatic carbocycles. The molecule has 1 unspecified atom stereocenters. The van der Waals surface area contributed by atoms with Crippen molar-refractivity contribution in [3.8, 4) is 11.4 Å². The number of hydrogen-bond donors (Lipinski definition) is 1. The van der Waals surface area contributed by atoms with E-state index in [0.717, 1.165) is 27.1 Å². The molecular formula is C23H20BrN5OS. The zero-order valence-electron chi connectivity index (χ0n) is 16.8. The molecule has 1 N–H and O–H groups in total. The van der Waals surface area contributed by atoms with Crippen molar-refractivity contribution in [1.29, 1.82) is 0 Å². The van der Waals surface area contributed by atoms with Crippen LogP contribution < -0.4 is 5.32 Å². The predicted molar refractivity (Wildman–Crippen MR) is 127 cm³/mol. The highest BCUT2D eigenvalue weighted by Gasteiger charge is 2.21. The Morgan fingerprint density at radius 1 is 1.10 bits per heavy atom. The van der Waals surface area contributed by atoms with Crippen molar-refractivity contribution in [3.05, 3.63) is 89.2 Å². The van der Waals surface area contributed by atoms with Gasteiger partial charge in [-0.2, -0.15) is 0 Å². The molecular weight excluding hydrogens is 474 g/mol. The van der Waals surface area contributed by atoms with Gasteiger partial charge in [-0.05, 0) is 42.8 Å². The Kier molecular flexibility index (Phi) is 6.79. The second-order valence-electron chi connectivity index (χ2n) is 6.88. The summed E-state index contributed by atoms with van der Waals surface area (Å²) in [5, 5.41) is 12.1. The van der Waals surface area contributed by atoms with Crippen LogP contribution in [0.25, 0.3) is 11.4 Å². The Morgan fingerprint density at radius 2 is 1.94 bits per heavy atom. The number of hydrogen-bond acceptors (Lipinski definition) is 5. The Bertz CT molecular complexity index is 1170. The number of thioether (sulfide) groups is 1. The first-order chi connectivity index (χ1) is 15.1. The summed E-state index contributed by atoms with van der Waals surface area (Å²) in [6.07, 6.45) is 3.49. The summed E-state index contributed by atoms with van der Waals surface area (Å²) in [6.45, 7) is 2.46. The fourth-order valence-corrected chi connectivity index (χ4v) is 4.26. The Labute approximate surface area is 193 Å². The molecule has 0 radical (unpaired) electrons. The van der Waals surface area contributed by atoms with E-state index in [0.29, 0.717) is 11.7 Å². The molecule has 0 saturated carbocycles. The van der Waals surface area contributed by atoms with E-state index in [9.17, 15) is 4.79 Å². The van der Waals surface area contributed by atoms with Gasteiger partial charge in [-0.1, -0.05) is 64.1 Å². The van der Waals surface area contributed by atoms with Crippen molar-refractivity contribution >= 4 is 39.3 Å². The van der Waals surface area contributed by atoms with Gasteiger partial charge in [-0.3, -0.25) is 14.3 Å². The number of benzene rings is 2. The molecule has 0 bridgehead atoms. The van der Waals surface area contributed by atoms with E-state index >= 15 is 0 Å². The molecule has 0 fully saturated rings. The Hall–Kier alpha value is -2.97. The van der Waals surface area contributed by atoms with E-state index in [1.807, 2.05) is 66.1 Å². The molecule has 31 heavy (non-hydrogen) atoms. The topological polar surface area (TPSA) is 72.7 Å². The fourth-order valence-electron chi connectivity index (χ4n) is 3.01. The first kappa shape index (κ1) is 21.3. The average molecular weight is 494 g/mol. The number of rotatable bonds is 7. The molecule has 2 aromatic heterocycles. The number of nitrogens with one attached hydrogen (secondary N) is 1. The third-order valence-corrected chi connectivity index (χ3v) is 6.14. The Morgan fingerprint density at radius 3 is 2.68 bits per heavy atom. The van der Waals surface area contributed by atoms with Crippen LogP contribution in [-0.4, -0.2) is 30.9 Å². The number of aromatic nitrogens is 4. The van der Waals surface area contributed by atoms with Crippen LogP contribution in [0.3, 0.4) is 0 Å². The van der Waals surface area contributed by atoms with E-state index in [2.05, 4.69) is 48.6 Å². The standard InChI is InChI=1S/C23H20BrN5OS/c1-16(22(30)26-20-11-5-10-19(24)13-20)31-23-28-27-21(18-9-6-12-25-14-18)29(23)15-17-7-3-2-4-8-17/h2-14,16H,15H2,1H3,(H,26,30). The van der Waals surface area contributed by atoms with Crippen LogP contribution >= 0.6 is 27.7 Å². The minimum Gasteiger partial charge on any atom is -0.325 e. The van der Waals surface area contributed by atoms with Crippen molar-refractivity contribution in [2.24, 2.45) is 0 Å². The number of nitrogens with zero attached hydrogens (tertiary/aromatic N) is 4. The molecule has 0 aliphatic heterocycles. The number of halogens is 1. The molecule has 0 aliphatic rings. The summed E-state index contributed by atoms with van der Waals surface area (Å²) >= 11 is 4.81. The van der Waals surface area contributed by atoms with Crippen molar-refractivity contribution in [3.63, 3.8) is 0 Å². The van der Waals surface area contributed by atoms with Crippen molar-refractivity contribution in [1.82, 2.24) is 19.7 Å². The summed E-state index contributed by atoms with van der Waals surface area (Å²) < 4.78 is 2.94. The Balaban J connectivity index is 1.58. The van der Waals surface area contributed by atoms with Gasteiger partial charge >= 0.3 is 0 Å². The zero-order valence-corrected chi connectivity index (χ0v) is 19.2. The lowest BCUT2D eigenvalue weighted by molar-refractivity contribution is -0.115. The van der Waals surface area contributed by atoms with E-state index in [4.69, 9.17) is 0 Å². The first-order valence-corrected chi connectivity index (χ1v) is 11.4. The van der Waals surface area contributed by atoms with Crippen LogP contribution in [0.15, 0.2) is 88.8 Å². The van der Waals surface area contributed by atoms with Gasteiger partial charge in [0, 0.05) is 28.1 Å². The van der Waals surface area contributed by atoms with Gasteiger partial charge in [-0.15, -0.1) is 10.2 Å². The van der Waals surface area contributed by atoms with E-state index in [-0.39, 0.29) is 11.2 Å². The summed E-state index contributed by atoms with van der Waals surface area (Å²) in [7, 11) is 0. The monoisotopic (exact) mass is 493 g/mol. The van der Waals surface area contributed by atoms with Crippen molar-refractivity contribution in [2.75, 3.05) is 5.32 Å². The average Bonchev–Trinajstić information content (AvgIpc) is 3.17. The molecule has 2 heterocycles. The van der Waals surface area contributed by atoms with Crippen LogP contribution in [-0.2, 0) is 11.3 Å². The second-order valence-corrected chi connectivity index (χ2v) is 9.10. The molecule has 1 atom stereocenters. The lowest BCUT2D eigenvalue weighted by Gasteiger charge is -2.14. The molecule has 1 amide bonds. The third-order valence-electron chi connectivity index (χ3n) is 4.56. The van der Waals surface area contributed by atoms with Crippen LogP contribution in [0.1, 0.15) is 12.5 Å². The van der Waals surface area contributed by atoms with Crippen LogP contribution in [0.5, 0.6) is 0 Å². The van der Waals surface area contributed by atoms with E-state index in [1.54, 1.807) is 12.4 Å². The SMILES string of the molecule is CC(Sc1nnc(-c2cccnc2)n1Cc1ccccc1)C(=O)Nc1cccc(Br)c1. The highest BCUT2D eigenvalue weighted by Crippen LogP contribution is 2.28. The lowest BCUT2D eigenvalue weighted by atomic mass is 10.2. The van der Waals surface area contributed by atoms with Crippen LogP contribution in [0.4, 0.5) is 5.69 Å². The third kappa shape index (κ3) is 5.39. The van der Waals surface area contributed by atoms with Crippen LogP contribution in [0.2, 0.25) is 0 Å². The molecule has 0 spiro atoms. The van der Waals surface area contributed by atoms with Gasteiger partial charge in [0.05, 0.1) is 11.8 Å². The van der Waals surface area contributed by atoms with Crippen molar-refractivity contribution in [2.45, 2.75) is 23.9 Å². The quantitative estimate of drug-likeness (QED) is 0.355. The van der Waals surface area contributed by atoms with E-state index < -0.39 is 0 Å². The predicted octanol–water partition coefficient (Wildman–Crippen LogP) is 5.27. The first-order valence-electron chi connectivity index (χ1n) is 9.71. The minimum absolute atomic E-state index is 0.0970. The molecule has 8 heteroatoms. The zero-order chi connectivity index (χ0) is 21.6. The number of anilines is 1. The van der Waals surface area contributed by atoms with Gasteiger partial charge in [0.2, 0.25) is 5.91 Å². The normalized spacial score (nSPS) is 11.8. The van der Waals surface area contributed by atoms with Crippen LogP contribution in [0, 0.1) is 0 Å². The van der Waals surface area contributed by atoms with Crippen molar-refractivity contribution < 1.29 is 4.79 Å². The molecule has 156 valence electrons. The number of carbonyl (C=O) groups excluding carboxylic acids is 1. The number of pyridine rings is 1. The maximum absolute atomic E-state index is 12.8. The smallest absolute Gasteiger partial charge is 0.237 e. The van der Waals surface area contributed by atoms with Gasteiger partial charge in [-0.25, -0.2) is 0 Å². The summed E-state index contributed by atoms with van der Waals surface area (Å²) in [5.41, 5.74) is 2.75. The maximum atomic E-state index is 12.8. The largest absolute Gasteiger partial charge is 0.325 e. The summed E-state index contributed by atoms with van der Waals surface area (Å²) in [4.78, 5) is 17.0. The molecule has 0 saturated heterocycles. The minimum atomic E-state index is -0.362. The highest BCUT2D eigenvalue weighted by molar-refractivity contribution is 9.10. The number of amides is 1. The molecule has 6 nitrogen and oxygen atoms in total. The van der Waals surface area contributed by atoms with E-state index in [1.165, 1.54) is 11.8 Å². The second kappa shape index (κ2) is 9.89. The van der Waals surface area contributed by atoms with Gasteiger partial charge in [0.25, 0.3) is 0 Å².